The first-order chi connectivity index (χ1) is 9.38. The van der Waals surface area contributed by atoms with E-state index in [0.717, 1.165) is 19.4 Å². The van der Waals surface area contributed by atoms with Gasteiger partial charge in [-0.2, -0.15) is 0 Å². The Balaban J connectivity index is 2.08. The number of nitrogens with one attached hydrogen (secondary N) is 1. The molecule has 0 aromatic heterocycles. The summed E-state index contributed by atoms with van der Waals surface area (Å²) in [6.45, 7) is 8.97. The van der Waals surface area contributed by atoms with Crippen molar-refractivity contribution in [2.24, 2.45) is 11.3 Å². The summed E-state index contributed by atoms with van der Waals surface area (Å²) >= 11 is 0. The Morgan fingerprint density at radius 2 is 2.00 bits per heavy atom. The first-order valence-corrected chi connectivity index (χ1v) is 7.99. The Morgan fingerprint density at radius 3 is 2.50 bits per heavy atom. The van der Waals surface area contributed by atoms with Crippen LogP contribution >= 0.6 is 0 Å². The lowest BCUT2D eigenvalue weighted by Crippen LogP contribution is -2.63. The molecule has 2 rings (SSSR count). The second-order valence-corrected chi connectivity index (χ2v) is 7.08. The third-order valence-electron chi connectivity index (χ3n) is 4.69. The number of hydrogen-bond acceptors (Lipinski definition) is 2. The summed E-state index contributed by atoms with van der Waals surface area (Å²) in [5.74, 6) is 0.528. The van der Waals surface area contributed by atoms with Crippen LogP contribution in [0.1, 0.15) is 59.8 Å². The molecule has 2 atom stereocenters. The van der Waals surface area contributed by atoms with Gasteiger partial charge in [-0.25, -0.2) is 0 Å². The Morgan fingerprint density at radius 1 is 1.35 bits per heavy atom. The highest BCUT2D eigenvalue weighted by atomic mass is 16.2. The van der Waals surface area contributed by atoms with E-state index in [0.29, 0.717) is 11.3 Å². The van der Waals surface area contributed by atoms with E-state index >= 15 is 0 Å². The molecular formula is C16H28N2O2. The third-order valence-corrected chi connectivity index (χ3v) is 4.69. The van der Waals surface area contributed by atoms with Crippen LogP contribution in [0.15, 0.2) is 0 Å². The molecule has 2 unspecified atom stereocenters. The lowest BCUT2D eigenvalue weighted by molar-refractivity contribution is -0.150. The van der Waals surface area contributed by atoms with E-state index in [1.54, 1.807) is 0 Å². The van der Waals surface area contributed by atoms with E-state index in [1.807, 2.05) is 11.8 Å². The fourth-order valence-corrected chi connectivity index (χ4v) is 3.29. The molecule has 114 valence electrons. The fourth-order valence-electron chi connectivity index (χ4n) is 3.29. The second-order valence-electron chi connectivity index (χ2n) is 7.08. The highest BCUT2D eigenvalue weighted by molar-refractivity contribution is 5.96. The highest BCUT2D eigenvalue weighted by Gasteiger charge is 2.47. The molecule has 1 saturated heterocycles. The molecule has 0 aromatic rings. The quantitative estimate of drug-likeness (QED) is 0.812. The molecule has 0 spiro atoms. The Bertz CT molecular complexity index is 388. The van der Waals surface area contributed by atoms with Gasteiger partial charge in [-0.15, -0.1) is 0 Å². The van der Waals surface area contributed by atoms with Gasteiger partial charge >= 0.3 is 0 Å². The van der Waals surface area contributed by atoms with Gasteiger partial charge in [0.1, 0.15) is 12.1 Å². The van der Waals surface area contributed by atoms with Gasteiger partial charge in [0.25, 0.3) is 0 Å². The van der Waals surface area contributed by atoms with Gasteiger partial charge in [0.15, 0.2) is 0 Å². The minimum atomic E-state index is -0.323. The van der Waals surface area contributed by atoms with Crippen molar-refractivity contribution in [3.8, 4) is 0 Å². The van der Waals surface area contributed by atoms with Crippen LogP contribution in [0.4, 0.5) is 0 Å². The van der Waals surface area contributed by atoms with Gasteiger partial charge in [0.05, 0.1) is 0 Å². The second kappa shape index (κ2) is 5.74. The maximum Gasteiger partial charge on any atom is 0.245 e. The summed E-state index contributed by atoms with van der Waals surface area (Å²) in [7, 11) is 0. The molecule has 4 nitrogen and oxygen atoms in total. The van der Waals surface area contributed by atoms with Crippen LogP contribution in [0, 0.1) is 11.3 Å². The van der Waals surface area contributed by atoms with E-state index in [-0.39, 0.29) is 23.9 Å². The maximum absolute atomic E-state index is 12.6. The molecule has 1 aliphatic heterocycles. The van der Waals surface area contributed by atoms with Crippen LogP contribution in [0.3, 0.4) is 0 Å². The van der Waals surface area contributed by atoms with Crippen molar-refractivity contribution in [3.05, 3.63) is 0 Å². The van der Waals surface area contributed by atoms with Gasteiger partial charge in [-0.05, 0) is 43.9 Å². The number of nitrogens with zero attached hydrogens (tertiary/aromatic N) is 1. The zero-order valence-corrected chi connectivity index (χ0v) is 13.2. The van der Waals surface area contributed by atoms with Gasteiger partial charge in [0, 0.05) is 6.54 Å². The topological polar surface area (TPSA) is 49.4 Å². The first kappa shape index (κ1) is 15.3. The summed E-state index contributed by atoms with van der Waals surface area (Å²) < 4.78 is 0. The number of carbonyl (C=O) groups excluding carboxylic acids is 2. The molecule has 1 saturated carbocycles. The van der Waals surface area contributed by atoms with Crippen LogP contribution in [0.5, 0.6) is 0 Å². The van der Waals surface area contributed by atoms with Gasteiger partial charge in [-0.1, -0.05) is 27.2 Å². The molecular weight excluding hydrogens is 252 g/mol. The zero-order chi connectivity index (χ0) is 14.9. The zero-order valence-electron chi connectivity index (χ0n) is 13.2. The molecule has 1 aliphatic carbocycles. The summed E-state index contributed by atoms with van der Waals surface area (Å²) in [6, 6.07) is -0.642. The molecule has 20 heavy (non-hydrogen) atoms. The monoisotopic (exact) mass is 280 g/mol. The maximum atomic E-state index is 12.6. The minimum Gasteiger partial charge on any atom is -0.343 e. The Kier molecular flexibility index (Phi) is 4.40. The Labute approximate surface area is 122 Å². The lowest BCUT2D eigenvalue weighted by atomic mass is 9.95. The van der Waals surface area contributed by atoms with E-state index < -0.39 is 0 Å². The van der Waals surface area contributed by atoms with E-state index in [4.69, 9.17) is 0 Å². The molecule has 1 heterocycles. The van der Waals surface area contributed by atoms with Crippen molar-refractivity contribution in [1.82, 2.24) is 10.2 Å². The van der Waals surface area contributed by atoms with Crippen molar-refractivity contribution < 1.29 is 9.59 Å². The Hall–Kier alpha value is -1.06. The molecule has 0 aromatic carbocycles. The number of piperazine rings is 1. The van der Waals surface area contributed by atoms with Crippen LogP contribution in [-0.4, -0.2) is 35.3 Å². The summed E-state index contributed by atoms with van der Waals surface area (Å²) in [6.07, 6.45) is 5.45. The fraction of sp³-hybridized carbons (Fsp3) is 0.875. The molecule has 0 radical (unpaired) electrons. The average Bonchev–Trinajstić information content (AvgIpc) is 3.12. The van der Waals surface area contributed by atoms with Crippen LogP contribution in [0.2, 0.25) is 0 Å². The van der Waals surface area contributed by atoms with Crippen molar-refractivity contribution in [3.63, 3.8) is 0 Å². The normalized spacial score (nSPS) is 28.8. The van der Waals surface area contributed by atoms with Crippen molar-refractivity contribution in [2.75, 3.05) is 6.54 Å². The van der Waals surface area contributed by atoms with Crippen LogP contribution < -0.4 is 5.32 Å². The molecule has 2 amide bonds. The van der Waals surface area contributed by atoms with Crippen LogP contribution in [0.25, 0.3) is 0 Å². The van der Waals surface area contributed by atoms with Crippen molar-refractivity contribution in [1.29, 1.82) is 0 Å². The molecule has 2 aliphatic rings. The number of amides is 2. The lowest BCUT2D eigenvalue weighted by Gasteiger charge is -2.40. The molecule has 0 bridgehead atoms. The first-order valence-electron chi connectivity index (χ1n) is 7.99. The van der Waals surface area contributed by atoms with Gasteiger partial charge in [0.2, 0.25) is 11.8 Å². The number of carbonyl (C=O) groups is 2. The van der Waals surface area contributed by atoms with Gasteiger partial charge in [-0.3, -0.25) is 9.59 Å². The third kappa shape index (κ3) is 3.15. The molecule has 2 fully saturated rings. The molecule has 4 heteroatoms. The number of hydrogen-bond donors (Lipinski definition) is 1. The van der Waals surface area contributed by atoms with E-state index in [1.165, 1.54) is 19.3 Å². The van der Waals surface area contributed by atoms with Gasteiger partial charge < -0.3 is 10.2 Å². The van der Waals surface area contributed by atoms with Crippen molar-refractivity contribution >= 4 is 11.8 Å². The van der Waals surface area contributed by atoms with Crippen molar-refractivity contribution in [2.45, 2.75) is 71.9 Å². The summed E-state index contributed by atoms with van der Waals surface area (Å²) in [5.41, 5.74) is 0.304. The summed E-state index contributed by atoms with van der Waals surface area (Å²) in [5, 5.41) is 2.89. The predicted molar refractivity (Wildman–Crippen MR) is 79.1 cm³/mol. The highest BCUT2D eigenvalue weighted by Crippen LogP contribution is 2.50. The largest absolute Gasteiger partial charge is 0.343 e. The number of rotatable bonds is 6. The summed E-state index contributed by atoms with van der Waals surface area (Å²) in [4.78, 5) is 26.6. The van der Waals surface area contributed by atoms with E-state index in [9.17, 15) is 9.59 Å². The SMILES string of the molecule is CCCC1(CN2C(=O)C(CC(C)C)NC(=O)C2C)CC1. The van der Waals surface area contributed by atoms with E-state index in [2.05, 4.69) is 26.1 Å². The smallest absolute Gasteiger partial charge is 0.245 e. The average molecular weight is 280 g/mol. The predicted octanol–water partition coefficient (Wildman–Crippen LogP) is 2.33. The molecule has 1 N–H and O–H groups in total. The standard InChI is InChI=1S/C16H28N2O2/c1-5-6-16(7-8-16)10-18-12(4)14(19)17-13(15(18)20)9-11(2)3/h11-13H,5-10H2,1-4H3,(H,17,19). The van der Waals surface area contributed by atoms with Crippen LogP contribution in [-0.2, 0) is 9.59 Å². The minimum absolute atomic E-state index is 0.00236.